The molecule has 0 atom stereocenters. The van der Waals surface area contributed by atoms with E-state index in [1.807, 2.05) is 0 Å². The predicted octanol–water partition coefficient (Wildman–Crippen LogP) is 3.26. The average Bonchev–Trinajstić information content (AvgIpc) is 2.22. The van der Waals surface area contributed by atoms with Crippen molar-refractivity contribution in [3.8, 4) is 0 Å². The molecule has 0 saturated heterocycles. The van der Waals surface area contributed by atoms with Crippen molar-refractivity contribution in [2.45, 2.75) is 38.5 Å². The Morgan fingerprint density at radius 1 is 1.00 bits per heavy atom. The molecule has 4 bridgehead atoms. The number of carbonyl (C=O) groups excluding carboxylic acids is 1. The fourth-order valence-corrected chi connectivity index (χ4v) is 4.80. The lowest BCUT2D eigenvalue weighted by atomic mass is 9.51. The molecule has 0 amide bonds. The van der Waals surface area contributed by atoms with E-state index >= 15 is 0 Å². The summed E-state index contributed by atoms with van der Waals surface area (Å²) in [6.07, 6.45) is 7.91. The Morgan fingerprint density at radius 3 is 2.00 bits per heavy atom. The van der Waals surface area contributed by atoms with E-state index in [0.717, 1.165) is 30.1 Å². The van der Waals surface area contributed by atoms with Gasteiger partial charge in [0, 0.05) is 6.42 Å². The Hall–Kier alpha value is -0.0400. The highest BCUT2D eigenvalue weighted by Gasteiger charge is 2.48. The molecule has 1 nitrogen and oxygen atoms in total. The van der Waals surface area contributed by atoms with Crippen LogP contribution in [0.25, 0.3) is 0 Å². The molecule has 2 heteroatoms. The minimum Gasteiger partial charge on any atom is -0.298 e. The van der Waals surface area contributed by atoms with E-state index in [1.165, 1.54) is 32.1 Å². The summed E-state index contributed by atoms with van der Waals surface area (Å²) in [6, 6.07) is 0. The van der Waals surface area contributed by atoms with Gasteiger partial charge in [0.15, 0.2) is 0 Å². The third-order valence-electron chi connectivity index (χ3n) is 5.03. The molecule has 15 heavy (non-hydrogen) atoms. The van der Waals surface area contributed by atoms with Crippen LogP contribution >= 0.6 is 11.6 Å². The van der Waals surface area contributed by atoms with Crippen molar-refractivity contribution in [2.75, 3.05) is 5.88 Å². The van der Waals surface area contributed by atoms with E-state index < -0.39 is 0 Å². The number of rotatable bonds is 3. The molecule has 4 saturated carbocycles. The molecule has 0 N–H and O–H groups in total. The smallest absolute Gasteiger partial charge is 0.147 e. The van der Waals surface area contributed by atoms with E-state index in [2.05, 4.69) is 0 Å². The molecule has 0 radical (unpaired) electrons. The molecule has 4 rings (SSSR count). The normalized spacial score (nSPS) is 47.1. The van der Waals surface area contributed by atoms with Crippen LogP contribution < -0.4 is 0 Å². The molecule has 84 valence electrons. The second-order valence-corrected chi connectivity index (χ2v) is 6.24. The molecule has 0 aromatic heterocycles. The predicted molar refractivity (Wildman–Crippen MR) is 60.9 cm³/mol. The van der Waals surface area contributed by atoms with Gasteiger partial charge in [-0.05, 0) is 61.7 Å². The van der Waals surface area contributed by atoms with Crippen LogP contribution in [0.1, 0.15) is 38.5 Å². The Balaban J connectivity index is 1.72. The molecule has 0 unspecified atom stereocenters. The number of Topliss-reactive ketones (excluding diaryl/α,β-unsaturated/α-hetero) is 1. The van der Waals surface area contributed by atoms with E-state index in [-0.39, 0.29) is 11.7 Å². The topological polar surface area (TPSA) is 17.1 Å². The summed E-state index contributed by atoms with van der Waals surface area (Å²) >= 11 is 5.62. The maximum atomic E-state index is 11.5. The van der Waals surface area contributed by atoms with Gasteiger partial charge >= 0.3 is 0 Å². The number of hydrogen-bond acceptors (Lipinski definition) is 1. The minimum absolute atomic E-state index is 0.225. The number of carbonyl (C=O) groups is 1. The van der Waals surface area contributed by atoms with E-state index in [9.17, 15) is 4.79 Å². The lowest BCUT2D eigenvalue weighted by molar-refractivity contribution is -0.121. The SMILES string of the molecule is O=C(CCl)CC1C2CC3CC(C2)CC1C3. The highest BCUT2D eigenvalue weighted by atomic mass is 35.5. The van der Waals surface area contributed by atoms with Gasteiger partial charge in [-0.25, -0.2) is 0 Å². The first-order valence-electron chi connectivity index (χ1n) is 6.34. The van der Waals surface area contributed by atoms with Gasteiger partial charge < -0.3 is 0 Å². The van der Waals surface area contributed by atoms with E-state index in [0.29, 0.717) is 5.92 Å². The third-order valence-corrected chi connectivity index (χ3v) is 5.33. The molecule has 0 spiro atoms. The van der Waals surface area contributed by atoms with Gasteiger partial charge in [-0.1, -0.05) is 0 Å². The summed E-state index contributed by atoms with van der Waals surface area (Å²) in [5, 5.41) is 0. The van der Waals surface area contributed by atoms with Gasteiger partial charge in [0.25, 0.3) is 0 Å². The molecule has 0 aromatic rings. The van der Waals surface area contributed by atoms with Crippen LogP contribution in [0.5, 0.6) is 0 Å². The van der Waals surface area contributed by atoms with Crippen LogP contribution in [0.15, 0.2) is 0 Å². The summed E-state index contributed by atoms with van der Waals surface area (Å²) in [5.41, 5.74) is 0. The van der Waals surface area contributed by atoms with Crippen molar-refractivity contribution >= 4 is 17.4 Å². The van der Waals surface area contributed by atoms with Crippen LogP contribution in [0.2, 0.25) is 0 Å². The lowest BCUT2D eigenvalue weighted by Gasteiger charge is -2.54. The Bertz CT molecular complexity index is 246. The zero-order valence-corrected chi connectivity index (χ0v) is 9.88. The van der Waals surface area contributed by atoms with Crippen molar-refractivity contribution in [2.24, 2.45) is 29.6 Å². The summed E-state index contributed by atoms with van der Waals surface area (Å²) < 4.78 is 0. The third kappa shape index (κ3) is 1.73. The van der Waals surface area contributed by atoms with Gasteiger partial charge in [-0.15, -0.1) is 11.6 Å². The molecule has 0 heterocycles. The van der Waals surface area contributed by atoms with Gasteiger partial charge in [0.1, 0.15) is 5.78 Å². The first-order valence-corrected chi connectivity index (χ1v) is 6.87. The van der Waals surface area contributed by atoms with Gasteiger partial charge in [-0.3, -0.25) is 4.79 Å². The van der Waals surface area contributed by atoms with Crippen LogP contribution in [0, 0.1) is 29.6 Å². The number of ketones is 1. The minimum atomic E-state index is 0.225. The monoisotopic (exact) mass is 226 g/mol. The second-order valence-electron chi connectivity index (χ2n) is 5.97. The largest absolute Gasteiger partial charge is 0.298 e. The van der Waals surface area contributed by atoms with E-state index in [1.54, 1.807) is 0 Å². The Labute approximate surface area is 96.6 Å². The maximum absolute atomic E-state index is 11.5. The first kappa shape index (κ1) is 10.1. The Kier molecular flexibility index (Phi) is 2.54. The summed E-state index contributed by atoms with van der Waals surface area (Å²) in [4.78, 5) is 11.5. The Morgan fingerprint density at radius 2 is 1.53 bits per heavy atom. The molecule has 0 aliphatic heterocycles. The van der Waals surface area contributed by atoms with Crippen LogP contribution in [0.3, 0.4) is 0 Å². The molecular formula is C13H19ClO. The number of alkyl halides is 1. The van der Waals surface area contributed by atoms with Gasteiger partial charge in [0.05, 0.1) is 5.88 Å². The summed E-state index contributed by atoms with van der Waals surface area (Å²) in [6.45, 7) is 0. The standard InChI is InChI=1S/C13H19ClO/c14-7-12(15)6-13-10-2-8-1-9(4-10)5-11(13)3-8/h8-11,13H,1-7H2. The zero-order valence-electron chi connectivity index (χ0n) is 9.12. The number of hydrogen-bond donors (Lipinski definition) is 0. The average molecular weight is 227 g/mol. The fourth-order valence-electron chi connectivity index (χ4n) is 4.69. The molecule has 4 aliphatic rings. The van der Waals surface area contributed by atoms with Crippen molar-refractivity contribution in [3.05, 3.63) is 0 Å². The van der Waals surface area contributed by atoms with Gasteiger partial charge in [0.2, 0.25) is 0 Å². The highest BCUT2D eigenvalue weighted by Crippen LogP contribution is 2.57. The quantitative estimate of drug-likeness (QED) is 0.676. The summed E-state index contributed by atoms with van der Waals surface area (Å²) in [7, 11) is 0. The highest BCUT2D eigenvalue weighted by molar-refractivity contribution is 6.27. The van der Waals surface area contributed by atoms with Crippen LogP contribution in [0.4, 0.5) is 0 Å². The zero-order chi connectivity index (χ0) is 10.4. The number of halogens is 1. The molecule has 0 aromatic carbocycles. The summed E-state index contributed by atoms with van der Waals surface area (Å²) in [5.74, 6) is 4.95. The van der Waals surface area contributed by atoms with E-state index in [4.69, 9.17) is 11.6 Å². The molecule has 4 aliphatic carbocycles. The second kappa shape index (κ2) is 3.76. The van der Waals surface area contributed by atoms with Gasteiger partial charge in [-0.2, -0.15) is 0 Å². The van der Waals surface area contributed by atoms with Crippen molar-refractivity contribution in [3.63, 3.8) is 0 Å². The molecular weight excluding hydrogens is 208 g/mol. The lowest BCUT2D eigenvalue weighted by Crippen LogP contribution is -2.45. The molecule has 4 fully saturated rings. The van der Waals surface area contributed by atoms with Crippen molar-refractivity contribution in [1.82, 2.24) is 0 Å². The van der Waals surface area contributed by atoms with Crippen molar-refractivity contribution < 1.29 is 4.79 Å². The first-order chi connectivity index (χ1) is 7.26. The van der Waals surface area contributed by atoms with Crippen LogP contribution in [-0.4, -0.2) is 11.7 Å². The van der Waals surface area contributed by atoms with Crippen LogP contribution in [-0.2, 0) is 4.79 Å². The van der Waals surface area contributed by atoms with Crippen molar-refractivity contribution in [1.29, 1.82) is 0 Å². The maximum Gasteiger partial charge on any atom is 0.147 e. The fraction of sp³-hybridized carbons (Fsp3) is 0.923.